The highest BCUT2D eigenvalue weighted by Crippen LogP contribution is 2.62. The highest BCUT2D eigenvalue weighted by atomic mass is 16.5. The van der Waals surface area contributed by atoms with Gasteiger partial charge in [-0.1, -0.05) is 43.3 Å². The van der Waals surface area contributed by atoms with E-state index in [4.69, 9.17) is 9.47 Å². The molecule has 3 aliphatic rings. The third-order valence-electron chi connectivity index (χ3n) is 9.19. The molecule has 5 heteroatoms. The summed E-state index contributed by atoms with van der Waals surface area (Å²) >= 11 is 0. The van der Waals surface area contributed by atoms with Gasteiger partial charge in [-0.2, -0.15) is 0 Å². The number of esters is 2. The smallest absolute Gasteiger partial charge is 0.343 e. The highest BCUT2D eigenvalue weighted by molar-refractivity contribution is 5.91. The minimum absolute atomic E-state index is 0.0121. The lowest BCUT2D eigenvalue weighted by Crippen LogP contribution is -2.45. The van der Waals surface area contributed by atoms with E-state index in [1.807, 2.05) is 48.5 Å². The Kier molecular flexibility index (Phi) is 6.02. The van der Waals surface area contributed by atoms with Crippen molar-refractivity contribution in [2.24, 2.45) is 17.3 Å². The van der Waals surface area contributed by atoms with Crippen LogP contribution in [0.15, 0.2) is 72.8 Å². The van der Waals surface area contributed by atoms with Crippen LogP contribution in [0.3, 0.4) is 0 Å². The van der Waals surface area contributed by atoms with Gasteiger partial charge in [-0.15, -0.1) is 0 Å². The van der Waals surface area contributed by atoms with Crippen molar-refractivity contribution in [3.63, 3.8) is 0 Å². The van der Waals surface area contributed by atoms with E-state index in [0.29, 0.717) is 28.9 Å². The molecule has 0 heterocycles. The molecule has 190 valence electrons. The van der Waals surface area contributed by atoms with Crippen molar-refractivity contribution in [2.75, 3.05) is 0 Å². The van der Waals surface area contributed by atoms with Gasteiger partial charge in [0.1, 0.15) is 6.10 Å². The molecule has 0 aromatic heterocycles. The lowest BCUT2D eigenvalue weighted by molar-refractivity contribution is -0.0428. The molecule has 0 radical (unpaired) electrons. The van der Waals surface area contributed by atoms with Crippen LogP contribution >= 0.6 is 0 Å². The molecule has 0 unspecified atom stereocenters. The van der Waals surface area contributed by atoms with Gasteiger partial charge in [0.15, 0.2) is 11.5 Å². The number of rotatable bonds is 4. The third kappa shape index (κ3) is 4.20. The Hall–Kier alpha value is -3.60. The Bertz CT molecular complexity index is 1320. The zero-order valence-electron chi connectivity index (χ0n) is 21.1. The van der Waals surface area contributed by atoms with E-state index in [1.165, 1.54) is 5.56 Å². The Labute approximate surface area is 217 Å². The summed E-state index contributed by atoms with van der Waals surface area (Å²) < 4.78 is 11.7. The van der Waals surface area contributed by atoms with Crippen molar-refractivity contribution in [3.8, 4) is 11.5 Å². The second-order valence-corrected chi connectivity index (χ2v) is 11.1. The van der Waals surface area contributed by atoms with Crippen molar-refractivity contribution >= 4 is 11.9 Å². The Morgan fingerprint density at radius 1 is 0.865 bits per heavy atom. The number of phenols is 1. The van der Waals surface area contributed by atoms with Crippen molar-refractivity contribution < 1.29 is 24.2 Å². The molecule has 2 saturated carbocycles. The minimum Gasteiger partial charge on any atom is -0.504 e. The predicted molar refractivity (Wildman–Crippen MR) is 140 cm³/mol. The summed E-state index contributed by atoms with van der Waals surface area (Å²) in [6.45, 7) is 2.31. The summed E-state index contributed by atoms with van der Waals surface area (Å²) in [7, 11) is 0. The molecule has 3 aliphatic carbocycles. The van der Waals surface area contributed by atoms with Gasteiger partial charge in [-0.3, -0.25) is 0 Å². The van der Waals surface area contributed by atoms with Gasteiger partial charge >= 0.3 is 11.9 Å². The summed E-state index contributed by atoms with van der Waals surface area (Å²) in [5.41, 5.74) is 3.36. The molecule has 3 aromatic rings. The highest BCUT2D eigenvalue weighted by Gasteiger charge is 2.56. The average Bonchev–Trinajstić information content (AvgIpc) is 3.26. The van der Waals surface area contributed by atoms with Gasteiger partial charge in [-0.25, -0.2) is 9.59 Å². The van der Waals surface area contributed by atoms with Gasteiger partial charge < -0.3 is 14.6 Å². The average molecular weight is 497 g/mol. The van der Waals surface area contributed by atoms with E-state index in [0.717, 1.165) is 44.1 Å². The fourth-order valence-electron chi connectivity index (χ4n) is 7.32. The Morgan fingerprint density at radius 3 is 2.24 bits per heavy atom. The lowest BCUT2D eigenvalue weighted by Gasteiger charge is -2.50. The van der Waals surface area contributed by atoms with Gasteiger partial charge in [-0.05, 0) is 104 Å². The summed E-state index contributed by atoms with van der Waals surface area (Å²) in [4.78, 5) is 25.4. The van der Waals surface area contributed by atoms with Gasteiger partial charge in [0, 0.05) is 5.41 Å². The first-order chi connectivity index (χ1) is 17.9. The largest absolute Gasteiger partial charge is 0.504 e. The molecule has 0 bridgehead atoms. The molecule has 6 rings (SSSR count). The first-order valence-corrected chi connectivity index (χ1v) is 13.3. The lowest BCUT2D eigenvalue weighted by atomic mass is 9.55. The van der Waals surface area contributed by atoms with Gasteiger partial charge in [0.2, 0.25) is 0 Å². The maximum Gasteiger partial charge on any atom is 0.343 e. The first-order valence-electron chi connectivity index (χ1n) is 13.3. The van der Waals surface area contributed by atoms with Crippen molar-refractivity contribution in [3.05, 3.63) is 95.1 Å². The molecular weight excluding hydrogens is 464 g/mol. The van der Waals surface area contributed by atoms with E-state index in [2.05, 4.69) is 6.92 Å². The predicted octanol–water partition coefficient (Wildman–Crippen LogP) is 6.69. The van der Waals surface area contributed by atoms with Crippen molar-refractivity contribution in [2.45, 2.75) is 57.5 Å². The van der Waals surface area contributed by atoms with E-state index in [9.17, 15) is 14.7 Å². The number of hydrogen-bond donors (Lipinski definition) is 1. The van der Waals surface area contributed by atoms with Crippen LogP contribution in [0, 0.1) is 17.3 Å². The first kappa shape index (κ1) is 23.8. The zero-order chi connectivity index (χ0) is 25.6. The molecule has 1 N–H and O–H groups in total. The molecular formula is C32H32O5. The summed E-state index contributed by atoms with van der Waals surface area (Å²) in [5, 5.41) is 10.8. The van der Waals surface area contributed by atoms with Crippen LogP contribution in [0.4, 0.5) is 0 Å². The number of fused-ring (bicyclic) bond motifs is 5. The molecule has 0 saturated heterocycles. The fraction of sp³-hybridized carbons (Fsp3) is 0.375. The number of hydrogen-bond acceptors (Lipinski definition) is 5. The van der Waals surface area contributed by atoms with Crippen LogP contribution in [0.5, 0.6) is 11.5 Å². The van der Waals surface area contributed by atoms with Crippen molar-refractivity contribution in [1.29, 1.82) is 0 Å². The van der Waals surface area contributed by atoms with Crippen LogP contribution < -0.4 is 4.74 Å². The monoisotopic (exact) mass is 496 g/mol. The Morgan fingerprint density at radius 2 is 1.54 bits per heavy atom. The molecule has 37 heavy (non-hydrogen) atoms. The molecule has 2 fully saturated rings. The van der Waals surface area contributed by atoms with Crippen LogP contribution in [0.2, 0.25) is 0 Å². The van der Waals surface area contributed by atoms with Crippen LogP contribution in [-0.4, -0.2) is 23.1 Å². The van der Waals surface area contributed by atoms with Crippen LogP contribution in [0.25, 0.3) is 0 Å². The number of phenolic OH excluding ortho intramolecular Hbond substituents is 1. The molecule has 0 aliphatic heterocycles. The maximum absolute atomic E-state index is 12.8. The number of aromatic hydroxyl groups is 1. The second-order valence-electron chi connectivity index (χ2n) is 11.1. The number of benzene rings is 3. The van der Waals surface area contributed by atoms with Crippen LogP contribution in [-0.2, 0) is 11.2 Å². The van der Waals surface area contributed by atoms with Gasteiger partial charge in [0.25, 0.3) is 0 Å². The molecule has 0 amide bonds. The summed E-state index contributed by atoms with van der Waals surface area (Å²) in [5.74, 6) is 0.856. The van der Waals surface area contributed by atoms with E-state index < -0.39 is 5.97 Å². The molecule has 5 atom stereocenters. The number of ether oxygens (including phenoxy) is 2. The third-order valence-corrected chi connectivity index (χ3v) is 9.19. The minimum atomic E-state index is -0.472. The topological polar surface area (TPSA) is 72.8 Å². The quantitative estimate of drug-likeness (QED) is 0.322. The standard InChI is InChI=1S/C32H32O5/c1-32-17-16-23-24(26(32)14-15-29(32)37-31(35)21-10-6-3-7-11-21)13-12-22-18-28(27(33)19-25(22)23)36-30(34)20-8-4-2-5-9-20/h2-11,18-19,23-24,26,29,33H,12-17H2,1H3/t23-,24+,26-,29-,32-/m0/s1. The maximum atomic E-state index is 12.8. The molecule has 3 aromatic carbocycles. The molecule has 0 spiro atoms. The molecule has 5 nitrogen and oxygen atoms in total. The number of carbonyl (C=O) groups excluding carboxylic acids is 2. The SMILES string of the molecule is C[C@]12CC[C@@H]3c4cc(O)c(OC(=O)c5ccccc5)cc4CC[C@H]3[C@@H]1CC[C@@H]2OC(=O)c1ccccc1. The van der Waals surface area contributed by atoms with Crippen molar-refractivity contribution in [1.82, 2.24) is 0 Å². The summed E-state index contributed by atoms with van der Waals surface area (Å²) in [6.07, 6.45) is 5.79. The second kappa shape index (κ2) is 9.37. The normalized spacial score (nSPS) is 27.9. The Balaban J connectivity index is 1.20. The van der Waals surface area contributed by atoms with E-state index >= 15 is 0 Å². The van der Waals surface area contributed by atoms with Crippen LogP contribution in [0.1, 0.15) is 76.8 Å². The zero-order valence-corrected chi connectivity index (χ0v) is 21.1. The fourth-order valence-corrected chi connectivity index (χ4v) is 7.32. The van der Waals surface area contributed by atoms with E-state index in [-0.39, 0.29) is 29.0 Å². The summed E-state index contributed by atoms with van der Waals surface area (Å²) in [6, 6.07) is 21.8. The van der Waals surface area contributed by atoms with Gasteiger partial charge in [0.05, 0.1) is 11.1 Å². The number of aryl methyl sites for hydroxylation is 1. The number of carbonyl (C=O) groups is 2. The van der Waals surface area contributed by atoms with E-state index in [1.54, 1.807) is 24.3 Å².